The van der Waals surface area contributed by atoms with Crippen LogP contribution in [-0.2, 0) is 14.3 Å². The van der Waals surface area contributed by atoms with Gasteiger partial charge in [0.15, 0.2) is 0 Å². The van der Waals surface area contributed by atoms with Gasteiger partial charge >= 0.3 is 6.09 Å². The molecular formula is C32H47N3O5. The van der Waals surface area contributed by atoms with Crippen molar-refractivity contribution in [1.29, 1.82) is 0 Å². The number of rotatable bonds is 11. The number of aryl methyl sites for hydroxylation is 2. The third-order valence-electron chi connectivity index (χ3n) is 6.63. The number of anilines is 1. The molecule has 8 nitrogen and oxygen atoms in total. The second-order valence-corrected chi connectivity index (χ2v) is 11.8. The third-order valence-corrected chi connectivity index (χ3v) is 6.63. The largest absolute Gasteiger partial charge is 0.497 e. The van der Waals surface area contributed by atoms with E-state index in [4.69, 9.17) is 9.47 Å². The molecule has 0 saturated heterocycles. The van der Waals surface area contributed by atoms with E-state index in [1.54, 1.807) is 57.0 Å². The molecule has 2 N–H and O–H groups in total. The first-order chi connectivity index (χ1) is 18.7. The summed E-state index contributed by atoms with van der Waals surface area (Å²) in [6, 6.07) is 10.9. The molecule has 3 atom stereocenters. The maximum Gasteiger partial charge on any atom is 0.408 e. The smallest absolute Gasteiger partial charge is 0.408 e. The molecule has 2 rings (SSSR count). The van der Waals surface area contributed by atoms with Gasteiger partial charge in [-0.25, -0.2) is 4.79 Å². The molecular weight excluding hydrogens is 506 g/mol. The average Bonchev–Trinajstić information content (AvgIpc) is 2.86. The van der Waals surface area contributed by atoms with Crippen molar-refractivity contribution in [2.24, 2.45) is 5.92 Å². The zero-order valence-electron chi connectivity index (χ0n) is 25.8. The quantitative estimate of drug-likeness (QED) is 0.329. The minimum Gasteiger partial charge on any atom is -0.497 e. The van der Waals surface area contributed by atoms with Crippen LogP contribution in [0.25, 0.3) is 0 Å². The molecule has 0 heterocycles. The van der Waals surface area contributed by atoms with Gasteiger partial charge in [-0.2, -0.15) is 0 Å². The van der Waals surface area contributed by atoms with Crippen molar-refractivity contribution in [3.8, 4) is 5.75 Å². The van der Waals surface area contributed by atoms with Gasteiger partial charge in [0.25, 0.3) is 5.91 Å². The molecule has 0 aromatic heterocycles. The fourth-order valence-electron chi connectivity index (χ4n) is 4.48. The first kappa shape index (κ1) is 32.7. The van der Waals surface area contributed by atoms with Crippen molar-refractivity contribution < 1.29 is 23.9 Å². The number of hydrogen-bond acceptors (Lipinski definition) is 5. The lowest BCUT2D eigenvalue weighted by Gasteiger charge is -2.39. The topological polar surface area (TPSA) is 97.0 Å². The summed E-state index contributed by atoms with van der Waals surface area (Å²) in [6.07, 6.45) is 0.343. The van der Waals surface area contributed by atoms with Crippen LogP contribution in [0.1, 0.15) is 84.0 Å². The highest BCUT2D eigenvalue weighted by atomic mass is 16.6. The molecule has 0 spiro atoms. The van der Waals surface area contributed by atoms with Crippen molar-refractivity contribution in [3.05, 3.63) is 59.2 Å². The van der Waals surface area contributed by atoms with Crippen LogP contribution in [0.2, 0.25) is 0 Å². The summed E-state index contributed by atoms with van der Waals surface area (Å²) in [5.41, 5.74) is 2.47. The normalized spacial score (nSPS) is 13.7. The summed E-state index contributed by atoms with van der Waals surface area (Å²) in [4.78, 5) is 42.9. The summed E-state index contributed by atoms with van der Waals surface area (Å²) in [7, 11) is 1.58. The average molecular weight is 554 g/mol. The Bertz CT molecular complexity index is 1150. The highest BCUT2D eigenvalue weighted by molar-refractivity contribution is 5.99. The monoisotopic (exact) mass is 553 g/mol. The number of methoxy groups -OCH3 is 1. The third kappa shape index (κ3) is 9.28. The molecule has 0 aliphatic rings. The summed E-state index contributed by atoms with van der Waals surface area (Å²) >= 11 is 0. The molecule has 2 aromatic carbocycles. The maximum atomic E-state index is 14.4. The van der Waals surface area contributed by atoms with Gasteiger partial charge in [0.05, 0.1) is 7.11 Å². The van der Waals surface area contributed by atoms with Crippen LogP contribution in [-0.4, -0.2) is 47.6 Å². The maximum absolute atomic E-state index is 14.4. The van der Waals surface area contributed by atoms with Crippen molar-refractivity contribution in [2.45, 2.75) is 98.9 Å². The van der Waals surface area contributed by atoms with E-state index in [2.05, 4.69) is 10.6 Å². The summed E-state index contributed by atoms with van der Waals surface area (Å²) in [6.45, 7) is 17.1. The molecule has 0 saturated carbocycles. The molecule has 2 aromatic rings. The minimum absolute atomic E-state index is 0.106. The Balaban J connectivity index is 2.61. The fraction of sp³-hybridized carbons (Fsp3) is 0.531. The molecule has 3 amide bonds. The summed E-state index contributed by atoms with van der Waals surface area (Å²) in [5.74, 6) is 0.109. The number of benzene rings is 2. The first-order valence-electron chi connectivity index (χ1n) is 14.0. The lowest BCUT2D eigenvalue weighted by molar-refractivity contribution is -0.143. The van der Waals surface area contributed by atoms with Crippen LogP contribution in [0.15, 0.2) is 42.5 Å². The SMILES string of the molecule is CCC(C)N(C(=O)C(CC(C)C)NC(=O)OC(C)(C)C)C(C(=O)Nc1ccc(OC)cc1)c1cc(C)ccc1C. The Morgan fingerprint density at radius 2 is 1.60 bits per heavy atom. The van der Waals surface area contributed by atoms with Crippen LogP contribution in [0.4, 0.5) is 10.5 Å². The lowest BCUT2D eigenvalue weighted by Crippen LogP contribution is -2.55. The van der Waals surface area contributed by atoms with E-state index >= 15 is 0 Å². The Labute approximate surface area is 239 Å². The zero-order valence-corrected chi connectivity index (χ0v) is 25.8. The Morgan fingerprint density at radius 1 is 0.975 bits per heavy atom. The molecule has 220 valence electrons. The van der Waals surface area contributed by atoms with Crippen LogP contribution in [0.5, 0.6) is 5.75 Å². The van der Waals surface area contributed by atoms with E-state index in [1.165, 1.54) is 0 Å². The molecule has 0 bridgehead atoms. The number of ether oxygens (including phenoxy) is 2. The van der Waals surface area contributed by atoms with E-state index in [1.807, 2.05) is 59.7 Å². The van der Waals surface area contributed by atoms with E-state index < -0.39 is 23.8 Å². The molecule has 0 fully saturated rings. The number of nitrogens with one attached hydrogen (secondary N) is 2. The van der Waals surface area contributed by atoms with Crippen molar-refractivity contribution in [2.75, 3.05) is 12.4 Å². The number of alkyl carbamates (subject to hydrolysis) is 1. The number of nitrogens with zero attached hydrogens (tertiary/aromatic N) is 1. The molecule has 40 heavy (non-hydrogen) atoms. The fourth-order valence-corrected chi connectivity index (χ4v) is 4.48. The van der Waals surface area contributed by atoms with Gasteiger partial charge < -0.3 is 25.0 Å². The van der Waals surface area contributed by atoms with Crippen LogP contribution in [0, 0.1) is 19.8 Å². The number of hydrogen-bond donors (Lipinski definition) is 2. The number of carbonyl (C=O) groups is 3. The van der Waals surface area contributed by atoms with Crippen LogP contribution >= 0.6 is 0 Å². The highest BCUT2D eigenvalue weighted by Gasteiger charge is 2.39. The molecule has 8 heteroatoms. The standard InChI is InChI=1S/C32H47N3O5/c1-11-23(6)35(30(37)27(18-20(2)3)34-31(38)40-32(7,8)9)28(26-19-21(4)12-13-22(26)5)29(36)33-24-14-16-25(39-10)17-15-24/h12-17,19-20,23,27-28H,11,18H2,1-10H3,(H,33,36)(H,34,38). The Hall–Kier alpha value is -3.55. The van der Waals surface area contributed by atoms with Crippen molar-refractivity contribution in [1.82, 2.24) is 10.2 Å². The van der Waals surface area contributed by atoms with Gasteiger partial charge in [0.1, 0.15) is 23.4 Å². The van der Waals surface area contributed by atoms with E-state index in [0.29, 0.717) is 24.3 Å². The number of amides is 3. The highest BCUT2D eigenvalue weighted by Crippen LogP contribution is 2.31. The molecule has 0 aliphatic heterocycles. The van der Waals surface area contributed by atoms with Gasteiger partial charge in [0.2, 0.25) is 5.91 Å². The molecule has 0 radical (unpaired) electrons. The lowest BCUT2D eigenvalue weighted by atomic mass is 9.93. The summed E-state index contributed by atoms with van der Waals surface area (Å²) in [5, 5.41) is 5.80. The van der Waals surface area contributed by atoms with E-state index in [-0.39, 0.29) is 23.8 Å². The minimum atomic E-state index is -0.931. The number of carbonyl (C=O) groups excluding carboxylic acids is 3. The second kappa shape index (κ2) is 14.2. The van der Waals surface area contributed by atoms with Gasteiger partial charge in [0, 0.05) is 11.7 Å². The summed E-state index contributed by atoms with van der Waals surface area (Å²) < 4.78 is 10.7. The van der Waals surface area contributed by atoms with Crippen molar-refractivity contribution >= 4 is 23.6 Å². The van der Waals surface area contributed by atoms with Crippen molar-refractivity contribution in [3.63, 3.8) is 0 Å². The predicted octanol–water partition coefficient (Wildman–Crippen LogP) is 6.56. The second-order valence-electron chi connectivity index (χ2n) is 11.8. The van der Waals surface area contributed by atoms with Crippen LogP contribution < -0.4 is 15.4 Å². The van der Waals surface area contributed by atoms with Crippen LogP contribution in [0.3, 0.4) is 0 Å². The predicted molar refractivity (Wildman–Crippen MR) is 159 cm³/mol. The zero-order chi connectivity index (χ0) is 30.2. The first-order valence-corrected chi connectivity index (χ1v) is 14.0. The molecule has 0 aliphatic carbocycles. The van der Waals surface area contributed by atoms with Gasteiger partial charge in [-0.1, -0.05) is 44.5 Å². The van der Waals surface area contributed by atoms with Gasteiger partial charge in [-0.05, 0) is 95.7 Å². The molecule has 3 unspecified atom stereocenters. The Morgan fingerprint density at radius 3 is 2.12 bits per heavy atom. The Kier molecular flexibility index (Phi) is 11.6. The van der Waals surface area contributed by atoms with E-state index in [0.717, 1.165) is 16.7 Å². The van der Waals surface area contributed by atoms with Gasteiger partial charge in [-0.15, -0.1) is 0 Å². The van der Waals surface area contributed by atoms with Gasteiger partial charge in [-0.3, -0.25) is 9.59 Å². The van der Waals surface area contributed by atoms with E-state index in [9.17, 15) is 14.4 Å².